The molecular weight excluding hydrogens is 176 g/mol. The highest BCUT2D eigenvalue weighted by Gasteiger charge is 2.04. The Morgan fingerprint density at radius 2 is 2.29 bits per heavy atom. The highest BCUT2D eigenvalue weighted by atomic mass is 16.1. The third kappa shape index (κ3) is 2.98. The van der Waals surface area contributed by atoms with Crippen molar-refractivity contribution in [1.82, 2.24) is 9.78 Å². The van der Waals surface area contributed by atoms with Crippen molar-refractivity contribution < 1.29 is 4.79 Å². The maximum atomic E-state index is 11.1. The number of hydrogen-bond donors (Lipinski definition) is 0. The highest BCUT2D eigenvalue weighted by Crippen LogP contribution is 2.06. The largest absolute Gasteiger partial charge is 0.300 e. The van der Waals surface area contributed by atoms with E-state index in [1.54, 1.807) is 0 Å². The van der Waals surface area contributed by atoms with E-state index in [0.29, 0.717) is 24.7 Å². The Hall–Kier alpha value is -1.12. The lowest BCUT2D eigenvalue weighted by Gasteiger charge is -2.03. The monoisotopic (exact) mass is 194 g/mol. The first-order chi connectivity index (χ1) is 6.63. The van der Waals surface area contributed by atoms with Gasteiger partial charge < -0.3 is 0 Å². The van der Waals surface area contributed by atoms with Crippen molar-refractivity contribution >= 4 is 5.78 Å². The molecule has 0 saturated heterocycles. The summed E-state index contributed by atoms with van der Waals surface area (Å²) < 4.78 is 1.92. The summed E-state index contributed by atoms with van der Waals surface area (Å²) in [5.74, 6) is 0.309. The highest BCUT2D eigenvalue weighted by molar-refractivity contribution is 5.78. The third-order valence-electron chi connectivity index (χ3n) is 2.25. The number of ketones is 1. The lowest BCUT2D eigenvalue weighted by atomic mass is 10.1. The standard InChI is InChI=1S/C11H18N2O/c1-4-11(14)6-5-10-7-8-13(12-10)9(2)3/h7-9H,4-6H2,1-3H3. The molecule has 0 aliphatic rings. The van der Waals surface area contributed by atoms with Gasteiger partial charge in [-0.3, -0.25) is 9.48 Å². The van der Waals surface area contributed by atoms with Gasteiger partial charge >= 0.3 is 0 Å². The molecule has 1 aromatic heterocycles. The molecule has 0 fully saturated rings. The number of nitrogens with zero attached hydrogens (tertiary/aromatic N) is 2. The van der Waals surface area contributed by atoms with E-state index in [4.69, 9.17) is 0 Å². The number of carbonyl (C=O) groups excluding carboxylic acids is 1. The Morgan fingerprint density at radius 1 is 1.57 bits per heavy atom. The van der Waals surface area contributed by atoms with Crippen LogP contribution in [-0.2, 0) is 11.2 Å². The van der Waals surface area contributed by atoms with Gasteiger partial charge in [0, 0.05) is 25.1 Å². The molecule has 0 atom stereocenters. The second-order valence-corrected chi connectivity index (χ2v) is 3.77. The fourth-order valence-corrected chi connectivity index (χ4v) is 1.24. The van der Waals surface area contributed by atoms with Gasteiger partial charge in [0.25, 0.3) is 0 Å². The lowest BCUT2D eigenvalue weighted by molar-refractivity contribution is -0.118. The third-order valence-corrected chi connectivity index (χ3v) is 2.25. The van der Waals surface area contributed by atoms with E-state index >= 15 is 0 Å². The van der Waals surface area contributed by atoms with Crippen LogP contribution in [0.2, 0.25) is 0 Å². The summed E-state index contributed by atoms with van der Waals surface area (Å²) in [5, 5.41) is 4.38. The predicted molar refractivity (Wildman–Crippen MR) is 56.2 cm³/mol. The number of carbonyl (C=O) groups is 1. The van der Waals surface area contributed by atoms with E-state index in [1.165, 1.54) is 0 Å². The first-order valence-corrected chi connectivity index (χ1v) is 5.19. The molecule has 3 nitrogen and oxygen atoms in total. The molecule has 0 N–H and O–H groups in total. The molecule has 0 aromatic carbocycles. The van der Waals surface area contributed by atoms with Gasteiger partial charge in [-0.2, -0.15) is 5.10 Å². The second-order valence-electron chi connectivity index (χ2n) is 3.77. The summed E-state index contributed by atoms with van der Waals surface area (Å²) >= 11 is 0. The van der Waals surface area contributed by atoms with Crippen molar-refractivity contribution in [1.29, 1.82) is 0 Å². The van der Waals surface area contributed by atoms with E-state index in [2.05, 4.69) is 18.9 Å². The van der Waals surface area contributed by atoms with Gasteiger partial charge in [0.2, 0.25) is 0 Å². The van der Waals surface area contributed by atoms with Gasteiger partial charge in [0.15, 0.2) is 0 Å². The molecule has 0 spiro atoms. The Balaban J connectivity index is 2.48. The van der Waals surface area contributed by atoms with Crippen LogP contribution in [0.5, 0.6) is 0 Å². The summed E-state index contributed by atoms with van der Waals surface area (Å²) in [6.07, 6.45) is 3.99. The zero-order valence-corrected chi connectivity index (χ0v) is 9.16. The summed E-state index contributed by atoms with van der Waals surface area (Å²) in [6, 6.07) is 2.38. The maximum Gasteiger partial charge on any atom is 0.133 e. The van der Waals surface area contributed by atoms with Crippen LogP contribution in [0.1, 0.15) is 45.3 Å². The van der Waals surface area contributed by atoms with Crippen molar-refractivity contribution in [2.24, 2.45) is 0 Å². The van der Waals surface area contributed by atoms with Gasteiger partial charge in [-0.05, 0) is 26.3 Å². The first kappa shape index (κ1) is 11.0. The smallest absolute Gasteiger partial charge is 0.133 e. The van der Waals surface area contributed by atoms with Gasteiger partial charge in [0.05, 0.1) is 5.69 Å². The Bertz CT molecular complexity index is 302. The quantitative estimate of drug-likeness (QED) is 0.721. The topological polar surface area (TPSA) is 34.9 Å². The minimum Gasteiger partial charge on any atom is -0.300 e. The SMILES string of the molecule is CCC(=O)CCc1ccn(C(C)C)n1. The number of hydrogen-bond acceptors (Lipinski definition) is 2. The van der Waals surface area contributed by atoms with Crippen molar-refractivity contribution in [3.63, 3.8) is 0 Å². The summed E-state index contributed by atoms with van der Waals surface area (Å²) in [7, 11) is 0. The number of Topliss-reactive ketones (excluding diaryl/α,β-unsaturated/α-hetero) is 1. The molecule has 0 radical (unpaired) electrons. The molecule has 0 aliphatic heterocycles. The van der Waals surface area contributed by atoms with E-state index in [9.17, 15) is 4.79 Å². The van der Waals surface area contributed by atoms with Gasteiger partial charge in [-0.15, -0.1) is 0 Å². The van der Waals surface area contributed by atoms with Crippen molar-refractivity contribution in [3.05, 3.63) is 18.0 Å². The van der Waals surface area contributed by atoms with Crippen LogP contribution in [0, 0.1) is 0 Å². The molecule has 0 saturated carbocycles. The molecule has 1 aromatic rings. The zero-order valence-electron chi connectivity index (χ0n) is 9.16. The fourth-order valence-electron chi connectivity index (χ4n) is 1.24. The van der Waals surface area contributed by atoms with Gasteiger partial charge in [-0.1, -0.05) is 6.92 Å². The molecule has 78 valence electrons. The van der Waals surface area contributed by atoms with Crippen LogP contribution in [0.15, 0.2) is 12.3 Å². The maximum absolute atomic E-state index is 11.1. The van der Waals surface area contributed by atoms with Gasteiger partial charge in [0.1, 0.15) is 5.78 Å². The minimum absolute atomic E-state index is 0.309. The molecular formula is C11H18N2O. The van der Waals surface area contributed by atoms with Crippen LogP contribution in [0.4, 0.5) is 0 Å². The Labute approximate surface area is 85.1 Å². The number of rotatable bonds is 5. The normalized spacial score (nSPS) is 10.9. The van der Waals surface area contributed by atoms with Crippen LogP contribution in [0.25, 0.3) is 0 Å². The molecule has 0 aliphatic carbocycles. The average molecular weight is 194 g/mol. The zero-order chi connectivity index (χ0) is 10.6. The summed E-state index contributed by atoms with van der Waals surface area (Å²) in [5.41, 5.74) is 1.01. The van der Waals surface area contributed by atoms with Crippen LogP contribution in [0.3, 0.4) is 0 Å². The molecule has 0 amide bonds. The number of aryl methyl sites for hydroxylation is 1. The molecule has 0 bridgehead atoms. The van der Waals surface area contributed by atoms with Crippen molar-refractivity contribution in [2.45, 2.75) is 46.1 Å². The van der Waals surface area contributed by atoms with Crippen LogP contribution < -0.4 is 0 Å². The first-order valence-electron chi connectivity index (χ1n) is 5.19. The molecule has 1 heterocycles. The molecule has 3 heteroatoms. The fraction of sp³-hybridized carbons (Fsp3) is 0.636. The molecule has 1 rings (SSSR count). The van der Waals surface area contributed by atoms with Crippen LogP contribution in [-0.4, -0.2) is 15.6 Å². The average Bonchev–Trinajstić information content (AvgIpc) is 2.62. The lowest BCUT2D eigenvalue weighted by Crippen LogP contribution is -2.03. The Kier molecular flexibility index (Phi) is 3.86. The Morgan fingerprint density at radius 3 is 2.79 bits per heavy atom. The van der Waals surface area contributed by atoms with Gasteiger partial charge in [-0.25, -0.2) is 0 Å². The summed E-state index contributed by atoms with van der Waals surface area (Å²) in [4.78, 5) is 11.1. The second kappa shape index (κ2) is 4.94. The van der Waals surface area contributed by atoms with Crippen LogP contribution >= 0.6 is 0 Å². The van der Waals surface area contributed by atoms with E-state index in [1.807, 2.05) is 23.9 Å². The summed E-state index contributed by atoms with van der Waals surface area (Å²) in [6.45, 7) is 6.08. The van der Waals surface area contributed by atoms with Crippen molar-refractivity contribution in [2.75, 3.05) is 0 Å². The van der Waals surface area contributed by atoms with E-state index in [0.717, 1.165) is 12.1 Å². The van der Waals surface area contributed by atoms with E-state index in [-0.39, 0.29) is 0 Å². The molecule has 0 unspecified atom stereocenters. The van der Waals surface area contributed by atoms with E-state index < -0.39 is 0 Å². The van der Waals surface area contributed by atoms with Crippen molar-refractivity contribution in [3.8, 4) is 0 Å². The minimum atomic E-state index is 0.309. The predicted octanol–water partition coefficient (Wildman–Crippen LogP) is 2.38. The molecule has 14 heavy (non-hydrogen) atoms. The number of aromatic nitrogens is 2.